The Balaban J connectivity index is 1.34. The van der Waals surface area contributed by atoms with Crippen molar-refractivity contribution in [2.75, 3.05) is 19.7 Å². The normalized spacial score (nSPS) is 13.9. The Morgan fingerprint density at radius 1 is 0.914 bits per heavy atom. The lowest BCUT2D eigenvalue weighted by molar-refractivity contribution is 0.0697. The molecule has 0 bridgehead atoms. The molecule has 0 saturated carbocycles. The number of benzene rings is 3. The largest absolute Gasteiger partial charge is 0.478 e. The van der Waals surface area contributed by atoms with Gasteiger partial charge >= 0.3 is 5.97 Å². The summed E-state index contributed by atoms with van der Waals surface area (Å²) >= 11 is 3.51. The second-order valence-electron chi connectivity index (χ2n) is 8.37. The molecule has 6 nitrogen and oxygen atoms in total. The van der Waals surface area contributed by atoms with E-state index in [1.807, 2.05) is 19.1 Å². The standard InChI is InChI=1S/C28H29BrN2O4/c1-2-34-30-27(21-5-9-24(29)10-6-21)22-15-17-31(18-16-22)19-20-3-11-25(12-4-20)35-26-13-7-23(8-14-26)28(32)33/h3-14,30H,2,15-19H2,1H3,(H,32,33). The summed E-state index contributed by atoms with van der Waals surface area (Å²) in [6, 6.07) is 22.8. The summed E-state index contributed by atoms with van der Waals surface area (Å²) in [5.74, 6) is 0.387. The predicted octanol–water partition coefficient (Wildman–Crippen LogP) is 6.49. The number of halogens is 1. The number of rotatable bonds is 9. The van der Waals surface area contributed by atoms with Gasteiger partial charge in [-0.1, -0.05) is 40.2 Å². The van der Waals surface area contributed by atoms with E-state index in [9.17, 15) is 4.79 Å². The van der Waals surface area contributed by atoms with Crippen LogP contribution in [0.4, 0.5) is 0 Å². The zero-order valence-electron chi connectivity index (χ0n) is 19.7. The number of hydrogen-bond donors (Lipinski definition) is 2. The van der Waals surface area contributed by atoms with E-state index in [-0.39, 0.29) is 5.56 Å². The molecule has 0 aliphatic carbocycles. The van der Waals surface area contributed by atoms with Gasteiger partial charge in [-0.3, -0.25) is 15.2 Å². The molecule has 0 aromatic heterocycles. The molecule has 0 atom stereocenters. The van der Waals surface area contributed by atoms with Crippen LogP contribution in [0.1, 0.15) is 41.3 Å². The molecule has 3 aromatic carbocycles. The number of aromatic carboxylic acids is 1. The lowest BCUT2D eigenvalue weighted by Crippen LogP contribution is -2.31. The molecule has 0 amide bonds. The quantitative estimate of drug-likeness (QED) is 0.304. The van der Waals surface area contributed by atoms with Crippen LogP contribution in [0.2, 0.25) is 0 Å². The van der Waals surface area contributed by atoms with Crippen molar-refractivity contribution >= 4 is 27.6 Å². The van der Waals surface area contributed by atoms with E-state index in [4.69, 9.17) is 14.7 Å². The molecule has 1 heterocycles. The number of carboxylic acids is 1. The number of hydroxylamine groups is 1. The third-order valence-electron chi connectivity index (χ3n) is 5.93. The molecule has 1 aliphatic heterocycles. The summed E-state index contributed by atoms with van der Waals surface area (Å²) in [7, 11) is 0. The molecule has 2 N–H and O–H groups in total. The average Bonchev–Trinajstić information content (AvgIpc) is 2.88. The number of piperidine rings is 1. The number of ether oxygens (including phenoxy) is 1. The van der Waals surface area contributed by atoms with Gasteiger partial charge in [-0.15, -0.1) is 0 Å². The number of nitrogens with one attached hydrogen (secondary N) is 1. The van der Waals surface area contributed by atoms with E-state index in [1.165, 1.54) is 23.3 Å². The molecule has 1 fully saturated rings. The van der Waals surface area contributed by atoms with Gasteiger partial charge in [0.1, 0.15) is 11.5 Å². The second-order valence-corrected chi connectivity index (χ2v) is 9.29. The van der Waals surface area contributed by atoms with Crippen LogP contribution in [0, 0.1) is 0 Å². The summed E-state index contributed by atoms with van der Waals surface area (Å²) in [5, 5.41) is 9.01. The van der Waals surface area contributed by atoms with Crippen LogP contribution in [0.15, 0.2) is 82.8 Å². The summed E-state index contributed by atoms with van der Waals surface area (Å²) in [4.78, 5) is 19.0. The van der Waals surface area contributed by atoms with E-state index in [2.05, 4.69) is 62.7 Å². The van der Waals surface area contributed by atoms with E-state index in [0.29, 0.717) is 12.4 Å². The summed E-state index contributed by atoms with van der Waals surface area (Å²) < 4.78 is 6.91. The lowest BCUT2D eigenvalue weighted by Gasteiger charge is -2.30. The molecular weight excluding hydrogens is 508 g/mol. The van der Waals surface area contributed by atoms with Crippen molar-refractivity contribution in [2.24, 2.45) is 0 Å². The molecule has 0 spiro atoms. The van der Waals surface area contributed by atoms with Gasteiger partial charge in [0.2, 0.25) is 0 Å². The topological polar surface area (TPSA) is 71.0 Å². The summed E-state index contributed by atoms with van der Waals surface area (Å²) in [6.07, 6.45) is 1.97. The van der Waals surface area contributed by atoms with Crippen molar-refractivity contribution in [1.29, 1.82) is 0 Å². The Morgan fingerprint density at radius 2 is 1.49 bits per heavy atom. The van der Waals surface area contributed by atoms with Crippen LogP contribution < -0.4 is 10.2 Å². The number of hydrogen-bond acceptors (Lipinski definition) is 5. The molecule has 0 unspecified atom stereocenters. The fourth-order valence-corrected chi connectivity index (χ4v) is 4.31. The minimum atomic E-state index is -0.948. The highest BCUT2D eigenvalue weighted by atomic mass is 79.9. The van der Waals surface area contributed by atoms with Gasteiger partial charge in [-0.05, 0) is 85.0 Å². The number of carboxylic acid groups (broad SMARTS) is 1. The highest BCUT2D eigenvalue weighted by Crippen LogP contribution is 2.28. The first-order valence-corrected chi connectivity index (χ1v) is 12.5. The van der Waals surface area contributed by atoms with Crippen LogP contribution in [0.5, 0.6) is 11.5 Å². The number of carbonyl (C=O) groups is 1. The number of nitrogens with zero attached hydrogens (tertiary/aromatic N) is 1. The molecule has 35 heavy (non-hydrogen) atoms. The van der Waals surface area contributed by atoms with E-state index in [1.54, 1.807) is 12.1 Å². The van der Waals surface area contributed by atoms with Crippen molar-refractivity contribution in [3.63, 3.8) is 0 Å². The van der Waals surface area contributed by atoms with Gasteiger partial charge in [0.15, 0.2) is 0 Å². The molecule has 7 heteroatoms. The third kappa shape index (κ3) is 6.94. The zero-order chi connectivity index (χ0) is 24.6. The third-order valence-corrected chi connectivity index (χ3v) is 6.46. The van der Waals surface area contributed by atoms with Crippen LogP contribution in [-0.4, -0.2) is 35.7 Å². The first-order chi connectivity index (χ1) is 17.0. The maximum absolute atomic E-state index is 11.0. The molecule has 0 radical (unpaired) electrons. The first kappa shape index (κ1) is 25.0. The Morgan fingerprint density at radius 3 is 2.06 bits per heavy atom. The Hall–Kier alpha value is -3.13. The van der Waals surface area contributed by atoms with E-state index in [0.717, 1.165) is 54.0 Å². The van der Waals surface area contributed by atoms with Crippen molar-refractivity contribution in [3.05, 3.63) is 99.5 Å². The van der Waals surface area contributed by atoms with Gasteiger partial charge in [0.05, 0.1) is 17.9 Å². The van der Waals surface area contributed by atoms with Gasteiger partial charge in [0.25, 0.3) is 0 Å². The fraction of sp³-hybridized carbons (Fsp3) is 0.250. The SMILES string of the molecule is CCONC(=C1CCN(Cc2ccc(Oc3ccc(C(=O)O)cc3)cc2)CC1)c1ccc(Br)cc1. The van der Waals surface area contributed by atoms with Crippen LogP contribution in [0.25, 0.3) is 5.70 Å². The van der Waals surface area contributed by atoms with Gasteiger partial charge in [-0.25, -0.2) is 4.79 Å². The second kappa shape index (κ2) is 12.0. The van der Waals surface area contributed by atoms with Gasteiger partial charge in [0, 0.05) is 24.1 Å². The lowest BCUT2D eigenvalue weighted by atomic mass is 9.97. The summed E-state index contributed by atoms with van der Waals surface area (Å²) in [5.41, 5.74) is 8.25. The average molecular weight is 537 g/mol. The summed E-state index contributed by atoms with van der Waals surface area (Å²) in [6.45, 7) is 5.43. The maximum Gasteiger partial charge on any atom is 0.335 e. The minimum Gasteiger partial charge on any atom is -0.478 e. The minimum absolute atomic E-state index is 0.241. The maximum atomic E-state index is 11.0. The zero-order valence-corrected chi connectivity index (χ0v) is 21.3. The molecule has 1 aliphatic rings. The van der Waals surface area contributed by atoms with Crippen molar-refractivity contribution < 1.29 is 19.5 Å². The fourth-order valence-electron chi connectivity index (χ4n) is 4.05. The van der Waals surface area contributed by atoms with Crippen molar-refractivity contribution in [2.45, 2.75) is 26.3 Å². The van der Waals surface area contributed by atoms with Crippen molar-refractivity contribution in [3.8, 4) is 11.5 Å². The van der Waals surface area contributed by atoms with Crippen LogP contribution >= 0.6 is 15.9 Å². The smallest absolute Gasteiger partial charge is 0.335 e. The Bertz CT molecular complexity index is 1150. The molecule has 182 valence electrons. The Kier molecular flexibility index (Phi) is 8.58. The van der Waals surface area contributed by atoms with Gasteiger partial charge in [-0.2, -0.15) is 0 Å². The van der Waals surface area contributed by atoms with Crippen LogP contribution in [-0.2, 0) is 11.4 Å². The molecule has 4 rings (SSSR count). The van der Waals surface area contributed by atoms with Crippen LogP contribution in [0.3, 0.4) is 0 Å². The highest BCUT2D eigenvalue weighted by Gasteiger charge is 2.18. The van der Waals surface area contributed by atoms with E-state index >= 15 is 0 Å². The van der Waals surface area contributed by atoms with Gasteiger partial charge < -0.3 is 9.84 Å². The monoisotopic (exact) mass is 536 g/mol. The number of likely N-dealkylation sites (tertiary alicyclic amines) is 1. The van der Waals surface area contributed by atoms with Crippen molar-refractivity contribution in [1.82, 2.24) is 10.4 Å². The predicted molar refractivity (Wildman–Crippen MR) is 140 cm³/mol. The molecule has 1 saturated heterocycles. The molecular formula is C28H29BrN2O4. The molecule has 3 aromatic rings. The first-order valence-electron chi connectivity index (χ1n) is 11.7. The highest BCUT2D eigenvalue weighted by molar-refractivity contribution is 9.10. The van der Waals surface area contributed by atoms with E-state index < -0.39 is 5.97 Å². The Labute approximate surface area is 214 Å².